The Morgan fingerprint density at radius 1 is 1.11 bits per heavy atom. The molecule has 0 saturated carbocycles. The van der Waals surface area contributed by atoms with Gasteiger partial charge in [-0.2, -0.15) is 5.10 Å². The summed E-state index contributed by atoms with van der Waals surface area (Å²) in [6.07, 6.45) is 5.24. The third-order valence-electron chi connectivity index (χ3n) is 3.07. The van der Waals surface area contributed by atoms with Gasteiger partial charge in [0.15, 0.2) is 0 Å². The van der Waals surface area contributed by atoms with Crippen molar-refractivity contribution in [2.75, 3.05) is 6.54 Å². The van der Waals surface area contributed by atoms with Gasteiger partial charge in [-0.1, -0.05) is 36.2 Å². The van der Waals surface area contributed by atoms with Crippen LogP contribution in [0.4, 0.5) is 0 Å². The highest BCUT2D eigenvalue weighted by Crippen LogP contribution is 2.10. The van der Waals surface area contributed by atoms with E-state index in [9.17, 15) is 0 Å². The van der Waals surface area contributed by atoms with Crippen molar-refractivity contribution >= 4 is 0 Å². The molecule has 0 bridgehead atoms. The van der Waals surface area contributed by atoms with E-state index in [0.717, 1.165) is 26.1 Å². The molecule has 0 aliphatic rings. The number of nitrogens with zero attached hydrogens (tertiary/aromatic N) is 2. The molecule has 1 aromatic carbocycles. The van der Waals surface area contributed by atoms with Crippen LogP contribution in [-0.4, -0.2) is 16.3 Å². The summed E-state index contributed by atoms with van der Waals surface area (Å²) in [6, 6.07) is 6.65. The molecule has 0 aliphatic heterocycles. The molecule has 1 N–H and O–H groups in total. The summed E-state index contributed by atoms with van der Waals surface area (Å²) in [6.45, 7) is 9.26. The first-order valence-electron chi connectivity index (χ1n) is 6.96. The van der Waals surface area contributed by atoms with Gasteiger partial charge in [-0.3, -0.25) is 4.68 Å². The summed E-state index contributed by atoms with van der Waals surface area (Å²) in [5, 5.41) is 7.82. The predicted octanol–water partition coefficient (Wildman–Crippen LogP) is 3.05. The van der Waals surface area contributed by atoms with Crippen molar-refractivity contribution in [3.8, 4) is 0 Å². The minimum absolute atomic E-state index is 0.844. The van der Waals surface area contributed by atoms with Crippen molar-refractivity contribution in [3.05, 3.63) is 52.8 Å². The highest BCUT2D eigenvalue weighted by atomic mass is 15.3. The van der Waals surface area contributed by atoms with Crippen LogP contribution < -0.4 is 5.32 Å². The van der Waals surface area contributed by atoms with Crippen molar-refractivity contribution in [1.82, 2.24) is 15.1 Å². The fraction of sp³-hybridized carbons (Fsp3) is 0.438. The molecule has 0 radical (unpaired) electrons. The highest BCUT2D eigenvalue weighted by molar-refractivity contribution is 5.28. The highest BCUT2D eigenvalue weighted by Gasteiger charge is 2.01. The number of aryl methyl sites for hydroxylation is 2. The van der Waals surface area contributed by atoms with Crippen LogP contribution in [0.2, 0.25) is 0 Å². The molecule has 0 atom stereocenters. The summed E-state index contributed by atoms with van der Waals surface area (Å²) in [5.41, 5.74) is 5.19. The fourth-order valence-electron chi connectivity index (χ4n) is 2.34. The van der Waals surface area contributed by atoms with Gasteiger partial charge in [-0.15, -0.1) is 0 Å². The van der Waals surface area contributed by atoms with Crippen LogP contribution >= 0.6 is 0 Å². The van der Waals surface area contributed by atoms with Crippen molar-refractivity contribution in [2.45, 2.75) is 40.3 Å². The van der Waals surface area contributed by atoms with E-state index in [2.05, 4.69) is 55.6 Å². The molecule has 1 aromatic heterocycles. The van der Waals surface area contributed by atoms with Crippen molar-refractivity contribution < 1.29 is 0 Å². The largest absolute Gasteiger partial charge is 0.313 e. The summed E-state index contributed by atoms with van der Waals surface area (Å²) >= 11 is 0. The summed E-state index contributed by atoms with van der Waals surface area (Å²) in [5.74, 6) is 0. The van der Waals surface area contributed by atoms with Crippen LogP contribution in [0.5, 0.6) is 0 Å². The fourth-order valence-corrected chi connectivity index (χ4v) is 2.34. The lowest BCUT2D eigenvalue weighted by Gasteiger charge is -2.05. The Labute approximate surface area is 115 Å². The lowest BCUT2D eigenvalue weighted by Crippen LogP contribution is -2.13. The third kappa shape index (κ3) is 4.21. The van der Waals surface area contributed by atoms with Gasteiger partial charge < -0.3 is 5.32 Å². The molecular weight excluding hydrogens is 234 g/mol. The van der Waals surface area contributed by atoms with Crippen molar-refractivity contribution in [3.63, 3.8) is 0 Å². The Morgan fingerprint density at radius 3 is 2.53 bits per heavy atom. The molecule has 2 aromatic rings. The SMILES string of the molecule is CCCNCc1cnn(Cc2cc(C)cc(C)c2)c1. The quantitative estimate of drug-likeness (QED) is 0.806. The first kappa shape index (κ1) is 13.8. The molecule has 1 heterocycles. The Balaban J connectivity index is 1.99. The maximum atomic E-state index is 4.43. The minimum atomic E-state index is 0.844. The summed E-state index contributed by atoms with van der Waals surface area (Å²) < 4.78 is 2.01. The Bertz CT molecular complexity index is 508. The van der Waals surface area contributed by atoms with Crippen LogP contribution in [0.1, 0.15) is 35.6 Å². The van der Waals surface area contributed by atoms with Gasteiger partial charge in [0, 0.05) is 18.3 Å². The Kier molecular flexibility index (Phi) is 4.74. The zero-order valence-corrected chi connectivity index (χ0v) is 12.1. The molecule has 0 spiro atoms. The first-order chi connectivity index (χ1) is 9.17. The molecule has 0 saturated heterocycles. The number of hydrogen-bond donors (Lipinski definition) is 1. The minimum Gasteiger partial charge on any atom is -0.313 e. The zero-order chi connectivity index (χ0) is 13.7. The number of rotatable bonds is 6. The summed E-state index contributed by atoms with van der Waals surface area (Å²) in [7, 11) is 0. The van der Waals surface area contributed by atoms with Crippen LogP contribution in [0.3, 0.4) is 0 Å². The van der Waals surface area contributed by atoms with E-state index in [0.29, 0.717) is 0 Å². The lowest BCUT2D eigenvalue weighted by molar-refractivity contribution is 0.668. The molecule has 0 fully saturated rings. The standard InChI is InChI=1S/C16H23N3/c1-4-5-17-9-16-10-18-19(12-16)11-15-7-13(2)6-14(3)8-15/h6-8,10,12,17H,4-5,9,11H2,1-3H3. The second kappa shape index (κ2) is 6.53. The zero-order valence-electron chi connectivity index (χ0n) is 12.1. The number of benzene rings is 1. The average molecular weight is 257 g/mol. The van der Waals surface area contributed by atoms with Crippen LogP contribution in [0, 0.1) is 13.8 Å². The predicted molar refractivity (Wildman–Crippen MR) is 79.2 cm³/mol. The number of hydrogen-bond acceptors (Lipinski definition) is 2. The molecule has 19 heavy (non-hydrogen) atoms. The van der Waals surface area contributed by atoms with Crippen LogP contribution in [-0.2, 0) is 13.1 Å². The van der Waals surface area contributed by atoms with E-state index in [1.54, 1.807) is 0 Å². The van der Waals surface area contributed by atoms with E-state index >= 15 is 0 Å². The molecule has 2 rings (SSSR count). The van der Waals surface area contributed by atoms with Gasteiger partial charge in [0.1, 0.15) is 0 Å². The second-order valence-corrected chi connectivity index (χ2v) is 5.22. The van der Waals surface area contributed by atoms with Crippen molar-refractivity contribution in [2.24, 2.45) is 0 Å². The van der Waals surface area contributed by atoms with E-state index in [-0.39, 0.29) is 0 Å². The Morgan fingerprint density at radius 2 is 1.84 bits per heavy atom. The molecule has 0 unspecified atom stereocenters. The van der Waals surface area contributed by atoms with Gasteiger partial charge in [-0.25, -0.2) is 0 Å². The van der Waals surface area contributed by atoms with E-state index in [4.69, 9.17) is 0 Å². The molecule has 0 amide bonds. The lowest BCUT2D eigenvalue weighted by atomic mass is 10.1. The topological polar surface area (TPSA) is 29.9 Å². The van der Waals surface area contributed by atoms with Gasteiger partial charge in [0.25, 0.3) is 0 Å². The second-order valence-electron chi connectivity index (χ2n) is 5.22. The van der Waals surface area contributed by atoms with E-state index in [1.807, 2.05) is 10.9 Å². The van der Waals surface area contributed by atoms with Gasteiger partial charge >= 0.3 is 0 Å². The van der Waals surface area contributed by atoms with Crippen LogP contribution in [0.15, 0.2) is 30.6 Å². The third-order valence-corrected chi connectivity index (χ3v) is 3.07. The first-order valence-corrected chi connectivity index (χ1v) is 6.96. The number of aromatic nitrogens is 2. The molecule has 3 heteroatoms. The molecule has 102 valence electrons. The van der Waals surface area contributed by atoms with E-state index in [1.165, 1.54) is 22.3 Å². The average Bonchev–Trinajstić information content (AvgIpc) is 2.76. The maximum absolute atomic E-state index is 4.43. The smallest absolute Gasteiger partial charge is 0.0659 e. The Hall–Kier alpha value is -1.61. The van der Waals surface area contributed by atoms with Crippen LogP contribution in [0.25, 0.3) is 0 Å². The van der Waals surface area contributed by atoms with Gasteiger partial charge in [0.05, 0.1) is 12.7 Å². The normalized spacial score (nSPS) is 10.9. The van der Waals surface area contributed by atoms with Gasteiger partial charge in [0.2, 0.25) is 0 Å². The molecular formula is C16H23N3. The maximum Gasteiger partial charge on any atom is 0.0659 e. The van der Waals surface area contributed by atoms with Gasteiger partial charge in [-0.05, 0) is 32.4 Å². The number of nitrogens with one attached hydrogen (secondary N) is 1. The monoisotopic (exact) mass is 257 g/mol. The van der Waals surface area contributed by atoms with Crippen molar-refractivity contribution in [1.29, 1.82) is 0 Å². The molecule has 3 nitrogen and oxygen atoms in total. The molecule has 0 aliphatic carbocycles. The summed E-state index contributed by atoms with van der Waals surface area (Å²) in [4.78, 5) is 0. The van der Waals surface area contributed by atoms with E-state index < -0.39 is 0 Å².